The molecule has 0 saturated heterocycles. The van der Waals surface area contributed by atoms with E-state index in [4.69, 9.17) is 9.72 Å². The largest absolute Gasteiger partial charge is 0.463 e. The number of carbonyl (C=O) groups is 2. The molecule has 0 bridgehead atoms. The Bertz CT molecular complexity index is 1520. The summed E-state index contributed by atoms with van der Waals surface area (Å²) in [7, 11) is 0. The second kappa shape index (κ2) is 9.88. The van der Waals surface area contributed by atoms with Gasteiger partial charge in [-0.1, -0.05) is 6.07 Å². The van der Waals surface area contributed by atoms with Crippen molar-refractivity contribution < 1.29 is 33.3 Å². The van der Waals surface area contributed by atoms with Crippen molar-refractivity contribution in [3.63, 3.8) is 0 Å². The van der Waals surface area contributed by atoms with Crippen molar-refractivity contribution in [3.05, 3.63) is 61.9 Å². The zero-order valence-electron chi connectivity index (χ0n) is 20.8. The molecule has 0 saturated carbocycles. The van der Waals surface area contributed by atoms with Gasteiger partial charge in [-0.3, -0.25) is 14.4 Å². The standard InChI is InChI=1S/C27H27F2N3O6/c1-12(34)3-6-22(36)30-20-7-16-14(26(28)29)4-5-19-23(16)24(20)17-9-32-21(25(17)31-19)8-15(13(2)35)18(27(32)37)10-38-11-33/h4-5,8,11-13,20,26,34-35H,3,6-7,9-10H2,1-2H3,(H,30,36). The SMILES string of the molecule is CC(O)CCC(=O)NC1Cc2c(C(F)F)ccc3nc4c(c1c23)Cn1c-4cc(C(C)O)c(COC=O)c1=O. The number of nitrogens with zero attached hydrogens (tertiary/aromatic N) is 2. The van der Waals surface area contributed by atoms with Crippen LogP contribution in [0.3, 0.4) is 0 Å². The molecule has 11 heteroatoms. The van der Waals surface area contributed by atoms with Crippen LogP contribution in [-0.4, -0.2) is 38.2 Å². The summed E-state index contributed by atoms with van der Waals surface area (Å²) in [5.74, 6) is -0.321. The molecule has 2 aromatic heterocycles. The normalized spacial score (nSPS) is 16.9. The Morgan fingerprint density at radius 1 is 1.26 bits per heavy atom. The lowest BCUT2D eigenvalue weighted by molar-refractivity contribution is -0.130. The van der Waals surface area contributed by atoms with Crippen LogP contribution in [-0.2, 0) is 33.9 Å². The van der Waals surface area contributed by atoms with Gasteiger partial charge in [-0.05, 0) is 55.5 Å². The number of ether oxygens (including phenoxy) is 1. The van der Waals surface area contributed by atoms with Crippen molar-refractivity contribution in [3.8, 4) is 11.4 Å². The summed E-state index contributed by atoms with van der Waals surface area (Å²) in [4.78, 5) is 41.7. The number of rotatable bonds is 9. The Morgan fingerprint density at radius 3 is 2.68 bits per heavy atom. The topological polar surface area (TPSA) is 131 Å². The number of hydrogen-bond acceptors (Lipinski definition) is 7. The minimum atomic E-state index is -2.71. The van der Waals surface area contributed by atoms with Crippen LogP contribution >= 0.6 is 0 Å². The molecule has 3 unspecified atom stereocenters. The number of benzene rings is 1. The molecule has 1 amide bonds. The summed E-state index contributed by atoms with van der Waals surface area (Å²) < 4.78 is 34.1. The highest BCUT2D eigenvalue weighted by Gasteiger charge is 2.37. The van der Waals surface area contributed by atoms with Gasteiger partial charge in [0.1, 0.15) is 6.61 Å². The van der Waals surface area contributed by atoms with E-state index in [2.05, 4.69) is 5.32 Å². The van der Waals surface area contributed by atoms with Crippen molar-refractivity contribution in [2.24, 2.45) is 0 Å². The minimum absolute atomic E-state index is 0.0696. The molecule has 38 heavy (non-hydrogen) atoms. The number of halogens is 2. The van der Waals surface area contributed by atoms with Crippen LogP contribution in [0.5, 0.6) is 0 Å². The van der Waals surface area contributed by atoms with Crippen LogP contribution in [0.25, 0.3) is 22.3 Å². The van der Waals surface area contributed by atoms with Crippen LogP contribution in [0.15, 0.2) is 23.0 Å². The van der Waals surface area contributed by atoms with Gasteiger partial charge in [0, 0.05) is 22.9 Å². The van der Waals surface area contributed by atoms with Gasteiger partial charge < -0.3 is 24.8 Å². The summed E-state index contributed by atoms with van der Waals surface area (Å²) >= 11 is 0. The van der Waals surface area contributed by atoms with E-state index in [1.165, 1.54) is 23.6 Å². The molecule has 200 valence electrons. The predicted octanol–water partition coefficient (Wildman–Crippen LogP) is 2.96. The molecular weight excluding hydrogens is 500 g/mol. The van der Waals surface area contributed by atoms with Gasteiger partial charge >= 0.3 is 0 Å². The van der Waals surface area contributed by atoms with E-state index < -0.39 is 30.2 Å². The first-order chi connectivity index (χ1) is 18.1. The molecule has 3 N–H and O–H groups in total. The number of amides is 1. The maximum absolute atomic E-state index is 13.9. The van der Waals surface area contributed by atoms with E-state index in [0.29, 0.717) is 44.5 Å². The van der Waals surface area contributed by atoms with Crippen LogP contribution in [0.1, 0.15) is 78.6 Å². The molecular formula is C27H27F2N3O6. The van der Waals surface area contributed by atoms with Gasteiger partial charge in [0.25, 0.3) is 18.5 Å². The first-order valence-corrected chi connectivity index (χ1v) is 12.4. The minimum Gasteiger partial charge on any atom is -0.463 e. The fourth-order valence-electron chi connectivity index (χ4n) is 5.58. The third kappa shape index (κ3) is 4.25. The Balaban J connectivity index is 1.69. The van der Waals surface area contributed by atoms with Gasteiger partial charge in [-0.15, -0.1) is 0 Å². The second-order valence-corrected chi connectivity index (χ2v) is 9.83. The lowest BCUT2D eigenvalue weighted by Gasteiger charge is -2.17. The number of aromatic nitrogens is 2. The molecule has 2 aliphatic rings. The van der Waals surface area contributed by atoms with Crippen LogP contribution < -0.4 is 10.9 Å². The molecule has 1 aliphatic heterocycles. The first kappa shape index (κ1) is 25.9. The summed E-state index contributed by atoms with van der Waals surface area (Å²) in [6.45, 7) is 3.06. The summed E-state index contributed by atoms with van der Waals surface area (Å²) in [6.07, 6.45) is -3.93. The molecule has 0 fully saturated rings. The molecule has 0 spiro atoms. The molecule has 5 rings (SSSR count). The average molecular weight is 528 g/mol. The number of aliphatic hydroxyl groups is 2. The molecule has 3 aromatic rings. The Labute approximate surface area is 216 Å². The highest BCUT2D eigenvalue weighted by molar-refractivity contribution is 5.95. The highest BCUT2D eigenvalue weighted by atomic mass is 19.3. The van der Waals surface area contributed by atoms with Crippen molar-refractivity contribution in [2.75, 3.05) is 0 Å². The zero-order valence-corrected chi connectivity index (χ0v) is 20.8. The molecule has 3 heterocycles. The highest BCUT2D eigenvalue weighted by Crippen LogP contribution is 2.47. The fourth-order valence-corrected chi connectivity index (χ4v) is 5.58. The number of hydrogen-bond donors (Lipinski definition) is 3. The number of alkyl halides is 2. The molecule has 3 atom stereocenters. The van der Waals surface area contributed by atoms with E-state index in [1.807, 2.05) is 0 Å². The second-order valence-electron chi connectivity index (χ2n) is 9.83. The zero-order chi connectivity index (χ0) is 27.3. The van der Waals surface area contributed by atoms with Crippen LogP contribution in [0, 0.1) is 0 Å². The lowest BCUT2D eigenvalue weighted by atomic mass is 9.98. The number of nitrogens with one attached hydrogen (secondary N) is 1. The van der Waals surface area contributed by atoms with E-state index in [0.717, 1.165) is 0 Å². The van der Waals surface area contributed by atoms with Crippen molar-refractivity contribution in [2.45, 2.75) is 70.9 Å². The molecule has 1 aliphatic carbocycles. The van der Waals surface area contributed by atoms with Gasteiger partial charge in [0.15, 0.2) is 0 Å². The van der Waals surface area contributed by atoms with E-state index in [1.54, 1.807) is 13.0 Å². The Kier molecular flexibility index (Phi) is 6.74. The number of fused-ring (bicyclic) bond motifs is 4. The Morgan fingerprint density at radius 2 is 2.03 bits per heavy atom. The monoisotopic (exact) mass is 527 g/mol. The van der Waals surface area contributed by atoms with Gasteiger partial charge in [0.2, 0.25) is 5.91 Å². The fraction of sp³-hybridized carbons (Fsp3) is 0.407. The third-order valence-electron chi connectivity index (χ3n) is 7.30. The third-order valence-corrected chi connectivity index (χ3v) is 7.30. The summed E-state index contributed by atoms with van der Waals surface area (Å²) in [5.41, 5.74) is 2.90. The summed E-state index contributed by atoms with van der Waals surface area (Å²) in [6, 6.07) is 3.87. The molecule has 1 aromatic carbocycles. The quantitative estimate of drug-likeness (QED) is 0.285. The van der Waals surface area contributed by atoms with E-state index >= 15 is 0 Å². The van der Waals surface area contributed by atoms with Crippen LogP contribution in [0.2, 0.25) is 0 Å². The molecule has 9 nitrogen and oxygen atoms in total. The first-order valence-electron chi connectivity index (χ1n) is 12.4. The average Bonchev–Trinajstić information content (AvgIpc) is 3.41. The van der Waals surface area contributed by atoms with E-state index in [9.17, 15) is 33.4 Å². The van der Waals surface area contributed by atoms with E-state index in [-0.39, 0.29) is 55.9 Å². The maximum Gasteiger partial charge on any atom is 0.293 e. The van der Waals surface area contributed by atoms with Crippen LogP contribution in [0.4, 0.5) is 8.78 Å². The Hall–Kier alpha value is -3.70. The predicted molar refractivity (Wildman–Crippen MR) is 132 cm³/mol. The van der Waals surface area contributed by atoms with Gasteiger partial charge in [-0.2, -0.15) is 0 Å². The van der Waals surface area contributed by atoms with Gasteiger partial charge in [-0.25, -0.2) is 13.8 Å². The maximum atomic E-state index is 13.9. The molecule has 0 radical (unpaired) electrons. The number of carbonyl (C=O) groups excluding carboxylic acids is 2. The van der Waals surface area contributed by atoms with Crippen molar-refractivity contribution in [1.82, 2.24) is 14.9 Å². The lowest BCUT2D eigenvalue weighted by Crippen LogP contribution is -2.29. The van der Waals surface area contributed by atoms with Crippen molar-refractivity contribution in [1.29, 1.82) is 0 Å². The van der Waals surface area contributed by atoms with Gasteiger partial charge in [0.05, 0.1) is 47.3 Å². The summed E-state index contributed by atoms with van der Waals surface area (Å²) in [5, 5.41) is 23.4. The number of pyridine rings is 2. The smallest absolute Gasteiger partial charge is 0.293 e. The number of aliphatic hydroxyl groups excluding tert-OH is 2. The van der Waals surface area contributed by atoms with Crippen molar-refractivity contribution >= 4 is 23.3 Å².